The molecule has 0 radical (unpaired) electrons. The molecule has 2 aliphatic rings. The van der Waals surface area contributed by atoms with Gasteiger partial charge in [0.2, 0.25) is 0 Å². The number of nitrogens with one attached hydrogen (secondary N) is 1. The number of β-amino-alcohol motifs (C(OH)–C–C–N with tert-alkyl or cyclic N) is 1. The van der Waals surface area contributed by atoms with Crippen molar-refractivity contribution in [1.82, 2.24) is 15.1 Å². The van der Waals surface area contributed by atoms with Crippen LogP contribution in [0.5, 0.6) is 5.75 Å². The lowest BCUT2D eigenvalue weighted by Crippen LogP contribution is -2.58. The number of amides is 4. The highest BCUT2D eigenvalue weighted by atomic mass is 19.4. The SMILES string of the molecule is NC(=O)N1C[C@@H](O)C[C@@H](N(C(=O)NCc2ccc(OC(F)(F)F)cc2F)C2CC2)C1. The lowest BCUT2D eigenvalue weighted by molar-refractivity contribution is -0.274. The number of benzene rings is 1. The van der Waals surface area contributed by atoms with Crippen molar-refractivity contribution in [3.05, 3.63) is 29.6 Å². The summed E-state index contributed by atoms with van der Waals surface area (Å²) in [6, 6.07) is 0.907. The molecular weight excluding hydrogens is 412 g/mol. The van der Waals surface area contributed by atoms with Gasteiger partial charge < -0.3 is 30.7 Å². The quantitative estimate of drug-likeness (QED) is 0.616. The molecule has 12 heteroatoms. The molecule has 2 fully saturated rings. The van der Waals surface area contributed by atoms with Crippen molar-refractivity contribution in [3.8, 4) is 5.75 Å². The van der Waals surface area contributed by atoms with E-state index in [2.05, 4.69) is 10.1 Å². The largest absolute Gasteiger partial charge is 0.573 e. The van der Waals surface area contributed by atoms with E-state index in [0.717, 1.165) is 25.0 Å². The second-order valence-electron chi connectivity index (χ2n) is 7.38. The van der Waals surface area contributed by atoms with Crippen molar-refractivity contribution in [3.63, 3.8) is 0 Å². The fraction of sp³-hybridized carbons (Fsp3) is 0.556. The van der Waals surface area contributed by atoms with Gasteiger partial charge in [0.25, 0.3) is 0 Å². The first-order chi connectivity index (χ1) is 14.0. The van der Waals surface area contributed by atoms with E-state index in [1.165, 1.54) is 9.80 Å². The molecule has 166 valence electrons. The highest BCUT2D eigenvalue weighted by Crippen LogP contribution is 2.32. The van der Waals surface area contributed by atoms with Crippen molar-refractivity contribution in [2.75, 3.05) is 13.1 Å². The average molecular weight is 434 g/mol. The first-order valence-corrected chi connectivity index (χ1v) is 9.36. The zero-order valence-electron chi connectivity index (χ0n) is 15.9. The topological polar surface area (TPSA) is 108 Å². The van der Waals surface area contributed by atoms with Crippen LogP contribution in [0.3, 0.4) is 0 Å². The summed E-state index contributed by atoms with van der Waals surface area (Å²) in [7, 11) is 0. The number of halogens is 4. The van der Waals surface area contributed by atoms with Crippen LogP contribution < -0.4 is 15.8 Å². The number of nitrogens with zero attached hydrogens (tertiary/aromatic N) is 2. The number of ether oxygens (including phenoxy) is 1. The molecule has 0 bridgehead atoms. The van der Waals surface area contributed by atoms with E-state index in [1.807, 2.05) is 0 Å². The molecule has 4 N–H and O–H groups in total. The summed E-state index contributed by atoms with van der Waals surface area (Å²) in [5, 5.41) is 12.6. The van der Waals surface area contributed by atoms with Crippen LogP contribution in [0.15, 0.2) is 18.2 Å². The standard InChI is InChI=1S/C18H22F4N4O4/c19-15-6-14(30-18(20,21)22)4-1-10(15)7-24-17(29)26(11-2-3-11)12-5-13(27)9-25(8-12)16(23)28/h1,4,6,11-13,27H,2-3,5,7-9H2,(H2,23,28)(H,24,29)/t12-,13+/m1/s1. The van der Waals surface area contributed by atoms with E-state index in [9.17, 15) is 32.3 Å². The Labute approximate surface area is 169 Å². The van der Waals surface area contributed by atoms with Crippen LogP contribution in [0.1, 0.15) is 24.8 Å². The van der Waals surface area contributed by atoms with Gasteiger partial charge in [-0.25, -0.2) is 14.0 Å². The number of alkyl halides is 3. The van der Waals surface area contributed by atoms with E-state index >= 15 is 0 Å². The molecule has 1 aromatic rings. The van der Waals surface area contributed by atoms with Gasteiger partial charge in [-0.15, -0.1) is 13.2 Å². The number of aliphatic hydroxyl groups excluding tert-OH is 1. The molecule has 2 atom stereocenters. The number of primary amides is 1. The lowest BCUT2D eigenvalue weighted by atomic mass is 10.0. The molecule has 0 unspecified atom stereocenters. The molecule has 1 heterocycles. The van der Waals surface area contributed by atoms with Gasteiger partial charge in [0.1, 0.15) is 11.6 Å². The summed E-state index contributed by atoms with van der Waals surface area (Å²) in [6.07, 6.45) is -3.98. The van der Waals surface area contributed by atoms with Gasteiger partial charge in [0.05, 0.1) is 12.1 Å². The zero-order chi connectivity index (χ0) is 22.1. The van der Waals surface area contributed by atoms with Gasteiger partial charge in [-0.3, -0.25) is 0 Å². The van der Waals surface area contributed by atoms with E-state index in [4.69, 9.17) is 5.73 Å². The monoisotopic (exact) mass is 434 g/mol. The minimum atomic E-state index is -4.93. The number of hydrogen-bond donors (Lipinski definition) is 3. The van der Waals surface area contributed by atoms with Gasteiger partial charge in [-0.2, -0.15) is 0 Å². The Balaban J connectivity index is 1.64. The molecule has 30 heavy (non-hydrogen) atoms. The van der Waals surface area contributed by atoms with Crippen molar-refractivity contribution >= 4 is 12.1 Å². The maximum atomic E-state index is 14.1. The third-order valence-electron chi connectivity index (χ3n) is 4.97. The van der Waals surface area contributed by atoms with E-state index in [-0.39, 0.29) is 37.7 Å². The minimum Gasteiger partial charge on any atom is -0.406 e. The predicted molar refractivity (Wildman–Crippen MR) is 95.7 cm³/mol. The van der Waals surface area contributed by atoms with Crippen molar-refractivity contribution in [1.29, 1.82) is 0 Å². The van der Waals surface area contributed by atoms with Gasteiger partial charge >= 0.3 is 18.4 Å². The molecule has 8 nitrogen and oxygen atoms in total. The van der Waals surface area contributed by atoms with E-state index in [1.54, 1.807) is 0 Å². The number of likely N-dealkylation sites (tertiary alicyclic amines) is 1. The molecule has 3 rings (SSSR count). The summed E-state index contributed by atoms with van der Waals surface area (Å²) in [6.45, 7) is 0.00661. The van der Waals surface area contributed by atoms with E-state index in [0.29, 0.717) is 6.07 Å². The molecule has 0 aromatic heterocycles. The second-order valence-corrected chi connectivity index (χ2v) is 7.38. The first kappa shape index (κ1) is 21.9. The second kappa shape index (κ2) is 8.54. The molecule has 1 aliphatic carbocycles. The van der Waals surface area contributed by atoms with Gasteiger partial charge in [0, 0.05) is 37.3 Å². The number of hydrogen-bond acceptors (Lipinski definition) is 4. The summed E-state index contributed by atoms with van der Waals surface area (Å²) in [5.41, 5.74) is 5.28. The van der Waals surface area contributed by atoms with Crippen LogP contribution >= 0.6 is 0 Å². The van der Waals surface area contributed by atoms with Crippen LogP contribution in [-0.2, 0) is 6.54 Å². The maximum Gasteiger partial charge on any atom is 0.573 e. The van der Waals surface area contributed by atoms with Crippen LogP contribution in [0.25, 0.3) is 0 Å². The van der Waals surface area contributed by atoms with Crippen molar-refractivity contribution < 1.29 is 37.0 Å². The first-order valence-electron chi connectivity index (χ1n) is 9.36. The summed E-state index contributed by atoms with van der Waals surface area (Å²) < 4.78 is 54.4. The Bertz CT molecular complexity index is 803. The zero-order valence-corrected chi connectivity index (χ0v) is 15.9. The molecule has 1 saturated heterocycles. The average Bonchev–Trinajstić information content (AvgIpc) is 3.44. The third kappa shape index (κ3) is 5.65. The number of urea groups is 2. The summed E-state index contributed by atoms with van der Waals surface area (Å²) >= 11 is 0. The Hall–Kier alpha value is -2.76. The summed E-state index contributed by atoms with van der Waals surface area (Å²) in [5.74, 6) is -1.65. The fourth-order valence-electron chi connectivity index (χ4n) is 3.54. The van der Waals surface area contributed by atoms with Gasteiger partial charge in [0.15, 0.2) is 0 Å². The highest BCUT2D eigenvalue weighted by molar-refractivity contribution is 5.76. The number of carbonyl (C=O) groups excluding carboxylic acids is 2. The van der Waals surface area contributed by atoms with Crippen LogP contribution in [0.4, 0.5) is 27.2 Å². The Kier molecular flexibility index (Phi) is 6.25. The highest BCUT2D eigenvalue weighted by Gasteiger charge is 2.41. The Morgan fingerprint density at radius 1 is 1.27 bits per heavy atom. The Morgan fingerprint density at radius 2 is 1.97 bits per heavy atom. The normalized spacial score (nSPS) is 21.8. The molecular formula is C18H22F4N4O4. The Morgan fingerprint density at radius 3 is 2.53 bits per heavy atom. The number of nitrogens with two attached hydrogens (primary N) is 1. The molecule has 1 aliphatic heterocycles. The van der Waals surface area contributed by atoms with Crippen molar-refractivity contribution in [2.45, 2.75) is 50.4 Å². The number of aliphatic hydroxyl groups is 1. The van der Waals surface area contributed by atoms with Gasteiger partial charge in [-0.1, -0.05) is 6.07 Å². The number of rotatable bonds is 5. The van der Waals surface area contributed by atoms with E-state index < -0.39 is 42.1 Å². The maximum absolute atomic E-state index is 14.1. The molecule has 0 spiro atoms. The number of carbonyl (C=O) groups is 2. The number of piperidine rings is 1. The van der Waals surface area contributed by atoms with Crippen LogP contribution in [0.2, 0.25) is 0 Å². The lowest BCUT2D eigenvalue weighted by Gasteiger charge is -2.40. The third-order valence-corrected chi connectivity index (χ3v) is 4.97. The molecule has 1 aromatic carbocycles. The minimum absolute atomic E-state index is 0.0175. The van der Waals surface area contributed by atoms with Gasteiger partial charge in [-0.05, 0) is 25.3 Å². The predicted octanol–water partition coefficient (Wildman–Crippen LogP) is 1.91. The van der Waals surface area contributed by atoms with Crippen molar-refractivity contribution in [2.24, 2.45) is 5.73 Å². The van der Waals surface area contributed by atoms with Crippen LogP contribution in [-0.4, -0.2) is 64.6 Å². The smallest absolute Gasteiger partial charge is 0.406 e. The fourth-order valence-corrected chi connectivity index (χ4v) is 3.54. The van der Waals surface area contributed by atoms with Crippen LogP contribution in [0, 0.1) is 5.82 Å². The molecule has 4 amide bonds. The summed E-state index contributed by atoms with van der Waals surface area (Å²) in [4.78, 5) is 27.0. The molecule has 1 saturated carbocycles.